The van der Waals surface area contributed by atoms with Gasteiger partial charge in [-0.15, -0.1) is 0 Å². The average Bonchev–Trinajstić information content (AvgIpc) is 2.72. The Morgan fingerprint density at radius 3 is 3.13 bits per heavy atom. The van der Waals surface area contributed by atoms with E-state index in [0.29, 0.717) is 6.04 Å². The van der Waals surface area contributed by atoms with Crippen molar-refractivity contribution >= 4 is 12.1 Å². The number of hydrogen-bond donors (Lipinski definition) is 0. The third kappa shape index (κ3) is 1.27. The molecule has 2 aliphatic rings. The SMILES string of the molecule is CC[C@H]1CN2N=Cc3ccccc3C2=N1. The third-order valence-electron chi connectivity index (χ3n) is 2.94. The molecule has 0 fully saturated rings. The summed E-state index contributed by atoms with van der Waals surface area (Å²) in [5, 5.41) is 6.42. The summed E-state index contributed by atoms with van der Waals surface area (Å²) in [6.45, 7) is 3.10. The molecule has 0 saturated heterocycles. The van der Waals surface area contributed by atoms with Crippen molar-refractivity contribution in [3.05, 3.63) is 35.4 Å². The molecular weight excluding hydrogens is 186 g/mol. The van der Waals surface area contributed by atoms with Gasteiger partial charge in [-0.25, -0.2) is 5.01 Å². The number of benzene rings is 1. The van der Waals surface area contributed by atoms with Crippen molar-refractivity contribution < 1.29 is 0 Å². The number of nitrogens with zero attached hydrogens (tertiary/aromatic N) is 3. The second-order valence-electron chi connectivity index (χ2n) is 3.93. The summed E-state index contributed by atoms with van der Waals surface area (Å²) in [5.74, 6) is 1.04. The maximum atomic E-state index is 4.70. The van der Waals surface area contributed by atoms with E-state index in [-0.39, 0.29) is 0 Å². The van der Waals surface area contributed by atoms with Crippen molar-refractivity contribution in [2.45, 2.75) is 19.4 Å². The molecule has 1 atom stereocenters. The zero-order valence-electron chi connectivity index (χ0n) is 8.72. The monoisotopic (exact) mass is 199 g/mol. The minimum Gasteiger partial charge on any atom is -0.261 e. The molecule has 3 heteroatoms. The van der Waals surface area contributed by atoms with Crippen LogP contribution in [0.25, 0.3) is 0 Å². The smallest absolute Gasteiger partial charge is 0.152 e. The molecule has 0 amide bonds. The Bertz CT molecular complexity index is 448. The molecule has 15 heavy (non-hydrogen) atoms. The van der Waals surface area contributed by atoms with E-state index in [4.69, 9.17) is 4.99 Å². The van der Waals surface area contributed by atoms with Crippen LogP contribution in [0.5, 0.6) is 0 Å². The van der Waals surface area contributed by atoms with Crippen molar-refractivity contribution in [3.8, 4) is 0 Å². The fourth-order valence-electron chi connectivity index (χ4n) is 2.04. The molecule has 76 valence electrons. The summed E-state index contributed by atoms with van der Waals surface area (Å²) in [5.41, 5.74) is 2.38. The first-order chi connectivity index (χ1) is 7.38. The zero-order valence-corrected chi connectivity index (χ0v) is 8.72. The quantitative estimate of drug-likeness (QED) is 0.678. The largest absolute Gasteiger partial charge is 0.261 e. The third-order valence-corrected chi connectivity index (χ3v) is 2.94. The Morgan fingerprint density at radius 1 is 1.40 bits per heavy atom. The number of hydrogen-bond acceptors (Lipinski definition) is 3. The zero-order chi connectivity index (χ0) is 10.3. The molecule has 1 aromatic rings. The molecule has 0 aliphatic carbocycles. The second-order valence-corrected chi connectivity index (χ2v) is 3.93. The molecule has 0 aromatic heterocycles. The van der Waals surface area contributed by atoms with E-state index in [1.807, 2.05) is 17.3 Å². The molecule has 0 unspecified atom stereocenters. The lowest BCUT2D eigenvalue weighted by Crippen LogP contribution is -2.28. The van der Waals surface area contributed by atoms with Crippen LogP contribution in [-0.2, 0) is 0 Å². The molecule has 3 nitrogen and oxygen atoms in total. The van der Waals surface area contributed by atoms with Gasteiger partial charge < -0.3 is 0 Å². The first-order valence-electron chi connectivity index (χ1n) is 5.37. The van der Waals surface area contributed by atoms with Gasteiger partial charge in [-0.2, -0.15) is 5.10 Å². The van der Waals surface area contributed by atoms with Gasteiger partial charge in [-0.3, -0.25) is 4.99 Å². The Hall–Kier alpha value is -1.64. The molecule has 2 heterocycles. The molecule has 3 rings (SSSR count). The van der Waals surface area contributed by atoms with Gasteiger partial charge in [-0.1, -0.05) is 31.2 Å². The first kappa shape index (κ1) is 8.65. The highest BCUT2D eigenvalue weighted by Crippen LogP contribution is 2.22. The molecule has 2 aliphatic heterocycles. The van der Waals surface area contributed by atoms with Gasteiger partial charge in [0.15, 0.2) is 5.84 Å². The fraction of sp³-hybridized carbons (Fsp3) is 0.333. The topological polar surface area (TPSA) is 28.0 Å². The van der Waals surface area contributed by atoms with Gasteiger partial charge in [0.05, 0.1) is 18.8 Å². The summed E-state index contributed by atoms with van der Waals surface area (Å²) in [6.07, 6.45) is 3.00. The average molecular weight is 199 g/mol. The predicted molar refractivity (Wildman–Crippen MR) is 61.4 cm³/mol. The van der Waals surface area contributed by atoms with E-state index in [2.05, 4.69) is 30.2 Å². The minimum atomic E-state index is 0.406. The van der Waals surface area contributed by atoms with Crippen molar-refractivity contribution in [2.24, 2.45) is 10.1 Å². The van der Waals surface area contributed by atoms with Crippen LogP contribution < -0.4 is 0 Å². The number of fused-ring (bicyclic) bond motifs is 3. The lowest BCUT2D eigenvalue weighted by molar-refractivity contribution is 0.442. The van der Waals surface area contributed by atoms with Crippen LogP contribution in [0.2, 0.25) is 0 Å². The van der Waals surface area contributed by atoms with E-state index in [9.17, 15) is 0 Å². The van der Waals surface area contributed by atoms with Gasteiger partial charge in [0.1, 0.15) is 0 Å². The first-order valence-corrected chi connectivity index (χ1v) is 5.37. The van der Waals surface area contributed by atoms with Crippen LogP contribution in [0.15, 0.2) is 34.4 Å². The highest BCUT2D eigenvalue weighted by Gasteiger charge is 2.27. The van der Waals surface area contributed by atoms with Crippen LogP contribution >= 0.6 is 0 Å². The molecule has 1 aromatic carbocycles. The summed E-state index contributed by atoms with van der Waals surface area (Å²) < 4.78 is 0. The molecule has 0 N–H and O–H groups in total. The van der Waals surface area contributed by atoms with E-state index in [1.165, 1.54) is 11.1 Å². The van der Waals surface area contributed by atoms with Gasteiger partial charge in [0.2, 0.25) is 0 Å². The summed E-state index contributed by atoms with van der Waals surface area (Å²) in [4.78, 5) is 4.70. The van der Waals surface area contributed by atoms with Gasteiger partial charge in [0, 0.05) is 11.1 Å². The van der Waals surface area contributed by atoms with Crippen LogP contribution in [0.3, 0.4) is 0 Å². The molecule has 0 spiro atoms. The second kappa shape index (κ2) is 3.19. The Balaban J connectivity index is 2.10. The van der Waals surface area contributed by atoms with Gasteiger partial charge in [0.25, 0.3) is 0 Å². The fourth-order valence-corrected chi connectivity index (χ4v) is 2.04. The molecule has 0 saturated carbocycles. The maximum absolute atomic E-state index is 4.70. The predicted octanol–water partition coefficient (Wildman–Crippen LogP) is 1.87. The van der Waals surface area contributed by atoms with Crippen molar-refractivity contribution in [1.82, 2.24) is 5.01 Å². The van der Waals surface area contributed by atoms with E-state index >= 15 is 0 Å². The van der Waals surface area contributed by atoms with Crippen molar-refractivity contribution in [1.29, 1.82) is 0 Å². The molecular formula is C12H13N3. The minimum absolute atomic E-state index is 0.406. The Labute approximate surface area is 89.1 Å². The normalized spacial score (nSPS) is 22.3. The molecule has 0 bridgehead atoms. The lowest BCUT2D eigenvalue weighted by atomic mass is 10.1. The van der Waals surface area contributed by atoms with Crippen molar-refractivity contribution in [3.63, 3.8) is 0 Å². The van der Waals surface area contributed by atoms with Crippen molar-refractivity contribution in [2.75, 3.05) is 6.54 Å². The van der Waals surface area contributed by atoms with E-state index < -0.39 is 0 Å². The van der Waals surface area contributed by atoms with Crippen LogP contribution in [0.4, 0.5) is 0 Å². The van der Waals surface area contributed by atoms with Gasteiger partial charge in [-0.05, 0) is 6.42 Å². The Kier molecular flexibility index (Phi) is 1.84. The lowest BCUT2D eigenvalue weighted by Gasteiger charge is -2.20. The standard InChI is InChI=1S/C12H13N3/c1-2-10-8-15-12(14-10)11-6-4-3-5-9(11)7-13-15/h3-7,10H,2,8H2,1H3/t10-/m0/s1. The summed E-state index contributed by atoms with van der Waals surface area (Å²) >= 11 is 0. The Morgan fingerprint density at radius 2 is 2.27 bits per heavy atom. The number of rotatable bonds is 1. The van der Waals surface area contributed by atoms with Crippen LogP contribution in [0.1, 0.15) is 24.5 Å². The number of hydrazone groups is 1. The number of aliphatic imine (C=N–C) groups is 1. The summed E-state index contributed by atoms with van der Waals surface area (Å²) in [7, 11) is 0. The van der Waals surface area contributed by atoms with E-state index in [0.717, 1.165) is 18.8 Å². The summed E-state index contributed by atoms with van der Waals surface area (Å²) in [6, 6.07) is 8.69. The maximum Gasteiger partial charge on any atom is 0.152 e. The van der Waals surface area contributed by atoms with E-state index in [1.54, 1.807) is 0 Å². The van der Waals surface area contributed by atoms with Gasteiger partial charge >= 0.3 is 0 Å². The number of amidine groups is 1. The molecule has 0 radical (unpaired) electrons. The highest BCUT2D eigenvalue weighted by molar-refractivity contribution is 6.08. The van der Waals surface area contributed by atoms with Crippen LogP contribution in [0, 0.1) is 0 Å². The highest BCUT2D eigenvalue weighted by atomic mass is 15.5. The van der Waals surface area contributed by atoms with Crippen LogP contribution in [-0.4, -0.2) is 29.6 Å².